The molecule has 0 aromatic heterocycles. The standard InChI is InChI=1S/C17H30P.C5H5.Fe/c1-12-10-15(14(3)13(12)2)11-18(16(4,5)6)17(7,8)9;1-2-4-5-3-1;/h10H,11H2,1-9H3;1-5H;. The Kier molecular flexibility index (Phi) is 0.604. The zero-order chi connectivity index (χ0) is 17.1. The van der Waals surface area contributed by atoms with Gasteiger partial charge in [0.25, 0.3) is 0 Å². The molecule has 10 fully saturated rings. The Hall–Kier alpha value is 0.949. The molecule has 0 radical (unpaired) electrons. The third kappa shape index (κ3) is 0.148. The summed E-state index contributed by atoms with van der Waals surface area (Å²) >= 11 is 0. The molecule has 136 valence electrons. The summed E-state index contributed by atoms with van der Waals surface area (Å²) in [6.07, 6.45) is 1.73. The van der Waals surface area contributed by atoms with Crippen LogP contribution in [0.1, 0.15) is 62.3 Å². The van der Waals surface area contributed by atoms with Gasteiger partial charge in [-0.3, -0.25) is 0 Å². The summed E-state index contributed by atoms with van der Waals surface area (Å²) in [5.74, 6) is 0. The van der Waals surface area contributed by atoms with Gasteiger partial charge in [0, 0.05) is 0 Å². The molecule has 10 rings (SSSR count). The van der Waals surface area contributed by atoms with Crippen molar-refractivity contribution in [2.45, 2.75) is 119 Å². The molecule has 0 nitrogen and oxygen atoms in total. The van der Waals surface area contributed by atoms with Crippen molar-refractivity contribution in [3.05, 3.63) is 0 Å². The first-order chi connectivity index (χ1) is 10.6. The maximum atomic E-state index is 2.95. The van der Waals surface area contributed by atoms with Crippen LogP contribution >= 0.6 is 7.92 Å². The zero-order valence-corrected chi connectivity index (χ0v) is 19.0. The molecule has 10 aliphatic heterocycles. The van der Waals surface area contributed by atoms with E-state index in [-0.39, 0.29) is 7.92 Å². The molecule has 0 bridgehead atoms. The van der Waals surface area contributed by atoms with Crippen molar-refractivity contribution in [1.29, 1.82) is 0 Å². The van der Waals surface area contributed by atoms with E-state index in [2.05, 4.69) is 62.3 Å². The van der Waals surface area contributed by atoms with Crippen molar-refractivity contribution in [3.8, 4) is 0 Å². The van der Waals surface area contributed by atoms with Crippen molar-refractivity contribution < 1.29 is 6.51 Å². The average molecular weight is 386 g/mol. The van der Waals surface area contributed by atoms with Gasteiger partial charge in [-0.15, -0.1) is 0 Å². The summed E-state index contributed by atoms with van der Waals surface area (Å²) in [6.45, 7) is 21.0. The van der Waals surface area contributed by atoms with Gasteiger partial charge in [0.15, 0.2) is 0 Å². The molecule has 0 amide bonds. The van der Waals surface area contributed by atoms with E-state index < -0.39 is 6.51 Å². The molecule has 0 aromatic rings. The second-order valence-electron chi connectivity index (χ2n) is 16.0. The Morgan fingerprint density at radius 2 is 1.17 bits per heavy atom. The molecule has 1 spiro atoms. The van der Waals surface area contributed by atoms with E-state index in [9.17, 15) is 0 Å². The number of fused-ring (bicyclic) bond motifs is 10. The minimum absolute atomic E-state index is 0.110. The van der Waals surface area contributed by atoms with E-state index >= 15 is 0 Å². The Morgan fingerprint density at radius 1 is 0.750 bits per heavy atom. The Morgan fingerprint density at radius 3 is 1.33 bits per heavy atom. The molecule has 24 heavy (non-hydrogen) atoms. The third-order valence-corrected chi connectivity index (χ3v) is 72.6. The third-order valence-electron chi connectivity index (χ3n) is 20.0. The first-order valence-electron chi connectivity index (χ1n) is 10.5. The Labute approximate surface area is 139 Å². The fourth-order valence-corrected chi connectivity index (χ4v) is 114. The van der Waals surface area contributed by atoms with Crippen LogP contribution in [0.4, 0.5) is 0 Å². The van der Waals surface area contributed by atoms with Gasteiger partial charge in [0.2, 0.25) is 0 Å². The number of rotatable bonds is 2. The molecule has 0 aliphatic carbocycles. The van der Waals surface area contributed by atoms with E-state index in [1.54, 1.807) is 6.16 Å². The Bertz CT molecular complexity index is 1220. The van der Waals surface area contributed by atoms with E-state index in [4.69, 9.17) is 0 Å². The molecule has 10 heterocycles. The second-order valence-corrected chi connectivity index (χ2v) is 43.4. The quantitative estimate of drug-likeness (QED) is 0.333. The van der Waals surface area contributed by atoms with E-state index in [0.29, 0.717) is 10.3 Å². The molecule has 10 saturated heterocycles. The van der Waals surface area contributed by atoms with Crippen LogP contribution in [0.3, 0.4) is 0 Å². The first kappa shape index (κ1) is 12.4. The van der Waals surface area contributed by atoms with Crippen molar-refractivity contribution in [2.24, 2.45) is 0 Å². The summed E-state index contributed by atoms with van der Waals surface area (Å²) in [7, 11) is 0.110. The second kappa shape index (κ2) is 1.17. The molecule has 0 aromatic carbocycles. The molecule has 2 heteroatoms. The summed E-state index contributed by atoms with van der Waals surface area (Å²) in [5, 5.41) is 1.07. The average Bonchev–Trinajstić information content (AvgIpc) is 3.37. The predicted octanol–water partition coefficient (Wildman–Crippen LogP) is 7.99. The van der Waals surface area contributed by atoms with E-state index in [1.165, 1.54) is 28.9 Å². The molecular formula is C22H35FeP. The van der Waals surface area contributed by atoms with Crippen molar-refractivity contribution >= 4 is 7.92 Å². The van der Waals surface area contributed by atoms with Crippen molar-refractivity contribution in [1.82, 2.24) is 0 Å². The molecule has 5 unspecified atom stereocenters. The van der Waals surface area contributed by atoms with Gasteiger partial charge in [-0.25, -0.2) is 0 Å². The van der Waals surface area contributed by atoms with E-state index in [0.717, 1.165) is 17.3 Å². The van der Waals surface area contributed by atoms with Crippen LogP contribution < -0.4 is 0 Å². The van der Waals surface area contributed by atoms with Crippen LogP contribution in [0.2, 0.25) is 46.2 Å². The van der Waals surface area contributed by atoms with E-state index in [1.807, 2.05) is 0 Å². The van der Waals surface area contributed by atoms with Gasteiger partial charge < -0.3 is 0 Å². The van der Waals surface area contributed by atoms with Crippen LogP contribution in [0.15, 0.2) is 0 Å². The molecule has 10 aliphatic rings. The fourth-order valence-electron chi connectivity index (χ4n) is 23.3. The summed E-state index contributed by atoms with van der Waals surface area (Å²) in [6, 6.07) is 0. The van der Waals surface area contributed by atoms with Gasteiger partial charge in [-0.05, 0) is 0 Å². The van der Waals surface area contributed by atoms with Gasteiger partial charge in [0.1, 0.15) is 0 Å². The number of hydrogen-bond acceptors (Lipinski definition) is 0. The molecule has 0 saturated carbocycles. The topological polar surface area (TPSA) is 0 Å². The first-order valence-corrected chi connectivity index (χ1v) is 18.1. The summed E-state index contributed by atoms with van der Waals surface area (Å²) < 4.78 is 3.97. The Balaban J connectivity index is 1.34. The molecular weight excluding hydrogens is 351 g/mol. The molecule has 5 atom stereocenters. The molecule has 0 N–H and O–H groups in total. The van der Waals surface area contributed by atoms with Gasteiger partial charge in [0.05, 0.1) is 0 Å². The van der Waals surface area contributed by atoms with Gasteiger partial charge >= 0.3 is 139 Å². The van der Waals surface area contributed by atoms with Crippen LogP contribution in [0, 0.1) is 0 Å². The minimum atomic E-state index is -3.31. The fraction of sp³-hybridized carbons (Fsp3) is 1.00. The summed E-state index contributed by atoms with van der Waals surface area (Å²) in [5.41, 5.74) is 0. The predicted molar refractivity (Wildman–Crippen MR) is 102 cm³/mol. The summed E-state index contributed by atoms with van der Waals surface area (Å²) in [4.78, 5) is 8.52. The number of hydrogen-bond donors (Lipinski definition) is 0. The van der Waals surface area contributed by atoms with Crippen LogP contribution in [0.25, 0.3) is 0 Å². The monoisotopic (exact) mass is 386 g/mol. The normalized spacial score (nSPS) is 99.1. The van der Waals surface area contributed by atoms with Crippen molar-refractivity contribution in [2.75, 3.05) is 6.16 Å². The van der Waals surface area contributed by atoms with Gasteiger partial charge in [-0.1, -0.05) is 0 Å². The van der Waals surface area contributed by atoms with Gasteiger partial charge in [-0.2, -0.15) is 0 Å². The van der Waals surface area contributed by atoms with Crippen LogP contribution in [-0.2, 0) is 6.51 Å². The van der Waals surface area contributed by atoms with Crippen LogP contribution in [-0.4, -0.2) is 16.5 Å². The zero-order valence-electron chi connectivity index (χ0n) is 17.0. The van der Waals surface area contributed by atoms with Crippen LogP contribution in [0.5, 0.6) is 0 Å². The SMILES string of the molecule is CC(C)(C)P(C[C]12[CH]3[C]4(C)[C]5(C)[C]1(C)[Fe]34251678[CH]2[CH]1[CH]6[CH]7[CH]28)C(C)(C)C. The maximum absolute atomic E-state index is 3.31. The van der Waals surface area contributed by atoms with Crippen molar-refractivity contribution in [3.63, 3.8) is 0 Å².